The standard InChI is InChI=1S/C13H13BrN4O5S2/c14-9-3-5-10(6-4-9)17(25(22)23)7-1-2-11(19)16-13-15-8-12(24-13)18(20)21/h3-6,8H,1-2,7H2,(H,22,23)(H,15,16,19)/p-1. The fourth-order valence-electron chi connectivity index (χ4n) is 1.87. The predicted molar refractivity (Wildman–Crippen MR) is 97.0 cm³/mol. The zero-order valence-corrected chi connectivity index (χ0v) is 15.8. The van der Waals surface area contributed by atoms with E-state index >= 15 is 0 Å². The first kappa shape index (κ1) is 19.4. The van der Waals surface area contributed by atoms with Gasteiger partial charge in [-0.2, -0.15) is 0 Å². The third-order valence-corrected chi connectivity index (χ3v) is 5.13. The van der Waals surface area contributed by atoms with Crippen LogP contribution in [0.3, 0.4) is 0 Å². The van der Waals surface area contributed by atoms with Crippen molar-refractivity contribution in [2.45, 2.75) is 12.8 Å². The second-order valence-electron chi connectivity index (χ2n) is 4.71. The van der Waals surface area contributed by atoms with Gasteiger partial charge in [0.25, 0.3) is 0 Å². The summed E-state index contributed by atoms with van der Waals surface area (Å²) in [5, 5.41) is 13.0. The number of rotatable bonds is 8. The Balaban J connectivity index is 1.86. The van der Waals surface area contributed by atoms with Gasteiger partial charge in [-0.05, 0) is 42.0 Å². The Bertz CT molecular complexity index is 783. The van der Waals surface area contributed by atoms with Crippen molar-refractivity contribution in [3.05, 3.63) is 45.0 Å². The molecule has 1 N–H and O–H groups in total. The summed E-state index contributed by atoms with van der Waals surface area (Å²) in [5.41, 5.74) is 0.493. The van der Waals surface area contributed by atoms with E-state index in [4.69, 9.17) is 0 Å². The van der Waals surface area contributed by atoms with Crippen LogP contribution in [0.25, 0.3) is 0 Å². The zero-order chi connectivity index (χ0) is 18.4. The van der Waals surface area contributed by atoms with Crippen molar-refractivity contribution in [3.8, 4) is 0 Å². The van der Waals surface area contributed by atoms with E-state index in [1.54, 1.807) is 24.3 Å². The number of anilines is 2. The van der Waals surface area contributed by atoms with Crippen molar-refractivity contribution < 1.29 is 18.5 Å². The van der Waals surface area contributed by atoms with Gasteiger partial charge in [0.05, 0.1) is 4.92 Å². The molecule has 1 aromatic heterocycles. The number of halogens is 1. The molecule has 1 atom stereocenters. The topological polar surface area (TPSA) is 128 Å². The van der Waals surface area contributed by atoms with Gasteiger partial charge in [-0.3, -0.25) is 19.1 Å². The molecule has 1 heterocycles. The van der Waals surface area contributed by atoms with E-state index in [2.05, 4.69) is 26.2 Å². The molecule has 0 saturated carbocycles. The second-order valence-corrected chi connectivity index (χ2v) is 7.51. The molecule has 12 heteroatoms. The van der Waals surface area contributed by atoms with Crippen LogP contribution in [0.2, 0.25) is 0 Å². The number of amides is 1. The Labute approximate surface area is 157 Å². The molecule has 0 saturated heterocycles. The maximum absolute atomic E-state index is 11.8. The van der Waals surface area contributed by atoms with Gasteiger partial charge in [-0.1, -0.05) is 15.9 Å². The van der Waals surface area contributed by atoms with Crippen LogP contribution in [-0.4, -0.2) is 31.1 Å². The highest BCUT2D eigenvalue weighted by Gasteiger charge is 2.14. The van der Waals surface area contributed by atoms with E-state index in [1.807, 2.05) is 0 Å². The van der Waals surface area contributed by atoms with Crippen molar-refractivity contribution in [3.63, 3.8) is 0 Å². The van der Waals surface area contributed by atoms with Crippen molar-refractivity contribution in [1.29, 1.82) is 0 Å². The van der Waals surface area contributed by atoms with Crippen LogP contribution in [0.4, 0.5) is 15.8 Å². The monoisotopic (exact) mass is 447 g/mol. The number of hydrogen-bond acceptors (Lipinski definition) is 7. The first-order valence-electron chi connectivity index (χ1n) is 6.89. The van der Waals surface area contributed by atoms with Gasteiger partial charge < -0.3 is 14.2 Å². The second kappa shape index (κ2) is 8.99. The third kappa shape index (κ3) is 5.85. The number of hydrogen-bond donors (Lipinski definition) is 1. The molecular weight excluding hydrogens is 436 g/mol. The lowest BCUT2D eigenvalue weighted by atomic mass is 10.2. The molecule has 1 aromatic carbocycles. The molecular formula is C13H12BrN4O5S2-. The maximum atomic E-state index is 11.8. The van der Waals surface area contributed by atoms with Gasteiger partial charge in [-0.15, -0.1) is 0 Å². The van der Waals surface area contributed by atoms with E-state index in [1.165, 1.54) is 0 Å². The highest BCUT2D eigenvalue weighted by molar-refractivity contribution is 9.10. The fraction of sp³-hybridized carbons (Fsp3) is 0.231. The van der Waals surface area contributed by atoms with Gasteiger partial charge in [0.1, 0.15) is 6.20 Å². The third-order valence-electron chi connectivity index (χ3n) is 2.98. The van der Waals surface area contributed by atoms with Gasteiger partial charge in [0.2, 0.25) is 5.91 Å². The van der Waals surface area contributed by atoms with Crippen molar-refractivity contribution >= 4 is 60.3 Å². The number of carbonyl (C=O) groups excluding carboxylic acids is 1. The lowest BCUT2D eigenvalue weighted by Gasteiger charge is -2.26. The number of carbonyl (C=O) groups is 1. The molecule has 0 radical (unpaired) electrons. The van der Waals surface area contributed by atoms with Crippen LogP contribution in [-0.2, 0) is 16.1 Å². The minimum atomic E-state index is -2.46. The van der Waals surface area contributed by atoms with Crippen molar-refractivity contribution in [1.82, 2.24) is 4.98 Å². The number of nitro groups is 1. The summed E-state index contributed by atoms with van der Waals surface area (Å²) in [5.74, 6) is -0.392. The minimum absolute atomic E-state index is 0.0532. The minimum Gasteiger partial charge on any atom is -0.755 e. The quantitative estimate of drug-likeness (QED) is 0.376. The highest BCUT2D eigenvalue weighted by atomic mass is 79.9. The Hall–Kier alpha value is -1.89. The van der Waals surface area contributed by atoms with E-state index in [0.29, 0.717) is 5.69 Å². The largest absolute Gasteiger partial charge is 0.755 e. The van der Waals surface area contributed by atoms with Crippen LogP contribution in [0.1, 0.15) is 12.8 Å². The van der Waals surface area contributed by atoms with Crippen LogP contribution in [0.15, 0.2) is 34.9 Å². The van der Waals surface area contributed by atoms with Crippen LogP contribution in [0.5, 0.6) is 0 Å². The zero-order valence-electron chi connectivity index (χ0n) is 12.6. The average molecular weight is 448 g/mol. The first-order chi connectivity index (χ1) is 11.9. The number of nitrogens with zero attached hydrogens (tertiary/aromatic N) is 3. The molecule has 9 nitrogen and oxygen atoms in total. The predicted octanol–water partition coefficient (Wildman–Crippen LogP) is 2.83. The molecule has 0 aliphatic heterocycles. The summed E-state index contributed by atoms with van der Waals surface area (Å²) in [4.78, 5) is 25.5. The molecule has 0 bridgehead atoms. The van der Waals surface area contributed by atoms with Crippen LogP contribution in [0, 0.1) is 10.1 Å². The first-order valence-corrected chi connectivity index (χ1v) is 9.53. The van der Waals surface area contributed by atoms with Gasteiger partial charge >= 0.3 is 5.00 Å². The molecule has 25 heavy (non-hydrogen) atoms. The van der Waals surface area contributed by atoms with E-state index in [-0.39, 0.29) is 29.5 Å². The Morgan fingerprint density at radius 3 is 2.64 bits per heavy atom. The summed E-state index contributed by atoms with van der Waals surface area (Å²) in [7, 11) is 0. The normalized spacial score (nSPS) is 11.8. The molecule has 0 aliphatic rings. The summed E-state index contributed by atoms with van der Waals surface area (Å²) >= 11 is 1.57. The van der Waals surface area contributed by atoms with E-state index < -0.39 is 22.1 Å². The number of nitrogens with one attached hydrogen (secondary N) is 1. The Kier molecular flexibility index (Phi) is 6.99. The molecule has 2 aromatic rings. The molecule has 2 rings (SSSR count). The lowest BCUT2D eigenvalue weighted by Crippen LogP contribution is -2.27. The van der Waals surface area contributed by atoms with E-state index in [0.717, 1.165) is 26.3 Å². The number of benzene rings is 1. The fourth-order valence-corrected chi connectivity index (χ4v) is 3.35. The summed E-state index contributed by atoms with van der Waals surface area (Å²) in [6, 6.07) is 6.73. The van der Waals surface area contributed by atoms with Gasteiger partial charge in [0.15, 0.2) is 5.13 Å². The summed E-state index contributed by atoms with van der Waals surface area (Å²) < 4.78 is 24.7. The molecule has 1 unspecified atom stereocenters. The average Bonchev–Trinajstić information content (AvgIpc) is 3.01. The smallest absolute Gasteiger partial charge is 0.345 e. The molecule has 1 amide bonds. The molecule has 0 spiro atoms. The van der Waals surface area contributed by atoms with Crippen LogP contribution >= 0.6 is 27.3 Å². The molecule has 0 fully saturated rings. The summed E-state index contributed by atoms with van der Waals surface area (Å²) in [6.45, 7) is 0.128. The lowest BCUT2D eigenvalue weighted by molar-refractivity contribution is -0.380. The Morgan fingerprint density at radius 1 is 1.40 bits per heavy atom. The molecule has 0 aliphatic carbocycles. The molecule has 134 valence electrons. The number of thiazole rings is 1. The summed E-state index contributed by atoms with van der Waals surface area (Å²) in [6.07, 6.45) is 1.40. The van der Waals surface area contributed by atoms with Gasteiger partial charge in [-0.25, -0.2) is 4.98 Å². The highest BCUT2D eigenvalue weighted by Crippen LogP contribution is 2.25. The van der Waals surface area contributed by atoms with Crippen molar-refractivity contribution in [2.24, 2.45) is 0 Å². The number of aromatic nitrogens is 1. The maximum Gasteiger partial charge on any atom is 0.345 e. The van der Waals surface area contributed by atoms with Crippen LogP contribution < -0.4 is 9.62 Å². The van der Waals surface area contributed by atoms with Gasteiger partial charge in [0, 0.05) is 34.4 Å². The van der Waals surface area contributed by atoms with E-state index in [9.17, 15) is 23.7 Å². The SMILES string of the molecule is O=C(CCCN(c1ccc(Br)cc1)S(=O)[O-])Nc1ncc([N+](=O)[O-])s1. The van der Waals surface area contributed by atoms with Crippen molar-refractivity contribution in [2.75, 3.05) is 16.2 Å². The Morgan fingerprint density at radius 2 is 2.08 bits per heavy atom.